The van der Waals surface area contributed by atoms with Gasteiger partial charge in [-0.15, -0.1) is 0 Å². The predicted octanol–water partition coefficient (Wildman–Crippen LogP) is 6.09. The van der Waals surface area contributed by atoms with Gasteiger partial charge in [-0.2, -0.15) is 5.26 Å². The largest absolute Gasteiger partial charge is 0.464 e. The van der Waals surface area contributed by atoms with Crippen LogP contribution in [0.3, 0.4) is 0 Å². The highest BCUT2D eigenvalue weighted by atomic mass is 35.5. The number of nitrogens with one attached hydrogen (secondary N) is 2. The third-order valence-corrected chi connectivity index (χ3v) is 7.94. The molecule has 0 aliphatic carbocycles. The number of carbonyl (C=O) groups excluding carboxylic acids is 2. The summed E-state index contributed by atoms with van der Waals surface area (Å²) in [4.78, 5) is 29.6. The summed E-state index contributed by atoms with van der Waals surface area (Å²) < 4.78 is 36.1. The first kappa shape index (κ1) is 31.4. The van der Waals surface area contributed by atoms with Crippen LogP contribution in [0.15, 0.2) is 54.7 Å². The molecule has 2 N–H and O–H groups in total. The van der Waals surface area contributed by atoms with Crippen molar-refractivity contribution in [2.75, 3.05) is 7.11 Å². The minimum atomic E-state index is -1.72. The third kappa shape index (κ3) is 6.12. The van der Waals surface area contributed by atoms with Crippen LogP contribution >= 0.6 is 23.2 Å². The monoisotopic (exact) mass is 614 g/mol. The molecule has 11 heteroatoms. The van der Waals surface area contributed by atoms with Gasteiger partial charge in [0.15, 0.2) is 0 Å². The number of carbonyl (C=O) groups is 2. The van der Waals surface area contributed by atoms with Gasteiger partial charge in [-0.05, 0) is 47.2 Å². The van der Waals surface area contributed by atoms with Gasteiger partial charge in [-0.3, -0.25) is 4.79 Å². The minimum absolute atomic E-state index is 0.00146. The fourth-order valence-electron chi connectivity index (χ4n) is 5.61. The number of amides is 1. The summed E-state index contributed by atoms with van der Waals surface area (Å²) >= 11 is 12.2. The van der Waals surface area contributed by atoms with Crippen LogP contribution in [0.2, 0.25) is 10.0 Å². The van der Waals surface area contributed by atoms with E-state index in [9.17, 15) is 14.9 Å². The molecule has 42 heavy (non-hydrogen) atoms. The topological polar surface area (TPSA) is 104 Å². The van der Waals surface area contributed by atoms with Gasteiger partial charge in [0.25, 0.3) is 0 Å². The Morgan fingerprint density at radius 2 is 1.90 bits per heavy atom. The van der Waals surface area contributed by atoms with Gasteiger partial charge >= 0.3 is 5.97 Å². The van der Waals surface area contributed by atoms with E-state index in [4.69, 9.17) is 23.2 Å². The Labute approximate surface area is 253 Å². The summed E-state index contributed by atoms with van der Waals surface area (Å²) in [5, 5.41) is 16.9. The van der Waals surface area contributed by atoms with Crippen LogP contribution in [0.5, 0.6) is 0 Å². The van der Waals surface area contributed by atoms with E-state index in [1.54, 1.807) is 6.07 Å². The van der Waals surface area contributed by atoms with Crippen molar-refractivity contribution in [2.24, 2.45) is 5.41 Å². The van der Waals surface area contributed by atoms with Gasteiger partial charge in [0.1, 0.15) is 22.7 Å². The second kappa shape index (κ2) is 12.3. The van der Waals surface area contributed by atoms with Gasteiger partial charge in [0, 0.05) is 35.3 Å². The molecule has 7 nitrogen and oxygen atoms in total. The molecule has 1 aliphatic rings. The van der Waals surface area contributed by atoms with E-state index < -0.39 is 46.9 Å². The SMILES string of the molecule is COC(=O)c1ccc(CNC(=O)[C@@H]2N[C@@H](CC(C)(C)C)[C@](C#N)(c3ccc(Cl)cc3F)[C@H]2c2cccc(Cl)c2F)cn1. The summed E-state index contributed by atoms with van der Waals surface area (Å²) in [6, 6.07) is 11.8. The number of aromatic nitrogens is 1. The average Bonchev–Trinajstić information content (AvgIpc) is 3.25. The molecule has 4 atom stereocenters. The smallest absolute Gasteiger partial charge is 0.356 e. The van der Waals surface area contributed by atoms with Crippen LogP contribution in [0.25, 0.3) is 0 Å². The molecule has 4 rings (SSSR count). The molecule has 1 saturated heterocycles. The van der Waals surface area contributed by atoms with Crippen LogP contribution in [0, 0.1) is 28.4 Å². The lowest BCUT2D eigenvalue weighted by Crippen LogP contribution is -2.45. The lowest BCUT2D eigenvalue weighted by molar-refractivity contribution is -0.123. The molecule has 0 radical (unpaired) electrons. The summed E-state index contributed by atoms with van der Waals surface area (Å²) in [6.45, 7) is 5.90. The Morgan fingerprint density at radius 1 is 1.17 bits per heavy atom. The number of hydrogen-bond acceptors (Lipinski definition) is 6. The highest BCUT2D eigenvalue weighted by Gasteiger charge is 2.61. The molecular weight excluding hydrogens is 585 g/mol. The number of benzene rings is 2. The molecule has 3 aromatic rings. The second-order valence-corrected chi connectivity index (χ2v) is 12.3. The molecule has 1 fully saturated rings. The Kier molecular flexibility index (Phi) is 9.21. The van der Waals surface area contributed by atoms with E-state index in [0.29, 0.717) is 12.0 Å². The first-order chi connectivity index (χ1) is 19.8. The first-order valence-corrected chi connectivity index (χ1v) is 14.0. The minimum Gasteiger partial charge on any atom is -0.464 e. The van der Waals surface area contributed by atoms with Crippen molar-refractivity contribution in [1.29, 1.82) is 5.26 Å². The lowest BCUT2D eigenvalue weighted by Gasteiger charge is -2.37. The van der Waals surface area contributed by atoms with Crippen molar-refractivity contribution in [3.05, 3.63) is 98.8 Å². The van der Waals surface area contributed by atoms with Crippen LogP contribution in [-0.2, 0) is 21.5 Å². The molecule has 1 aliphatic heterocycles. The van der Waals surface area contributed by atoms with Crippen LogP contribution in [0.1, 0.15) is 60.3 Å². The Bertz CT molecular complexity index is 1540. The number of pyridine rings is 1. The zero-order chi connectivity index (χ0) is 30.8. The van der Waals surface area contributed by atoms with Gasteiger partial charge < -0.3 is 15.4 Å². The van der Waals surface area contributed by atoms with Crippen LogP contribution < -0.4 is 10.6 Å². The number of ether oxygens (including phenoxy) is 1. The maximum absolute atomic E-state index is 15.7. The number of rotatable bonds is 7. The zero-order valence-corrected chi connectivity index (χ0v) is 25.0. The third-order valence-electron chi connectivity index (χ3n) is 7.42. The number of halogens is 4. The molecule has 0 spiro atoms. The van der Waals surface area contributed by atoms with E-state index in [2.05, 4.69) is 26.4 Å². The fourth-order valence-corrected chi connectivity index (χ4v) is 5.95. The number of nitriles is 1. The van der Waals surface area contributed by atoms with E-state index in [1.807, 2.05) is 20.8 Å². The number of methoxy groups -OCH3 is 1. The van der Waals surface area contributed by atoms with Crippen molar-refractivity contribution < 1.29 is 23.1 Å². The highest BCUT2D eigenvalue weighted by Crippen LogP contribution is 2.52. The van der Waals surface area contributed by atoms with Crippen molar-refractivity contribution >= 4 is 35.1 Å². The van der Waals surface area contributed by atoms with Gasteiger partial charge in [-0.25, -0.2) is 18.6 Å². The molecule has 2 aromatic carbocycles. The summed E-state index contributed by atoms with van der Waals surface area (Å²) in [7, 11) is 1.25. The Hall–Kier alpha value is -3.58. The Balaban J connectivity index is 1.82. The molecule has 0 bridgehead atoms. The first-order valence-electron chi connectivity index (χ1n) is 13.2. The number of nitrogens with zero attached hydrogens (tertiary/aromatic N) is 2. The second-order valence-electron chi connectivity index (χ2n) is 11.4. The lowest BCUT2D eigenvalue weighted by atomic mass is 9.62. The van der Waals surface area contributed by atoms with Crippen LogP contribution in [-0.4, -0.2) is 36.1 Å². The summed E-state index contributed by atoms with van der Waals surface area (Å²) in [5.74, 6) is -3.85. The van der Waals surface area contributed by atoms with Crippen LogP contribution in [0.4, 0.5) is 8.78 Å². The fraction of sp³-hybridized carbons (Fsp3) is 0.355. The van der Waals surface area contributed by atoms with Gasteiger partial charge in [-0.1, -0.05) is 68.2 Å². The maximum atomic E-state index is 15.7. The molecule has 1 aromatic heterocycles. The van der Waals surface area contributed by atoms with E-state index in [-0.39, 0.29) is 38.8 Å². The number of esters is 1. The van der Waals surface area contributed by atoms with Gasteiger partial charge in [0.2, 0.25) is 5.91 Å². The predicted molar refractivity (Wildman–Crippen MR) is 155 cm³/mol. The van der Waals surface area contributed by atoms with Crippen molar-refractivity contribution in [1.82, 2.24) is 15.6 Å². The molecule has 1 amide bonds. The van der Waals surface area contributed by atoms with Crippen molar-refractivity contribution in [3.63, 3.8) is 0 Å². The molecule has 2 heterocycles. The molecule has 220 valence electrons. The van der Waals surface area contributed by atoms with Crippen molar-refractivity contribution in [2.45, 2.75) is 57.2 Å². The van der Waals surface area contributed by atoms with E-state index in [0.717, 1.165) is 6.07 Å². The maximum Gasteiger partial charge on any atom is 0.356 e. The normalized spacial score (nSPS) is 21.9. The Morgan fingerprint density at radius 3 is 2.50 bits per heavy atom. The molecular formula is C31H30Cl2F2N4O3. The van der Waals surface area contributed by atoms with E-state index >= 15 is 8.78 Å². The average molecular weight is 616 g/mol. The molecule has 0 unspecified atom stereocenters. The summed E-state index contributed by atoms with van der Waals surface area (Å²) in [6.07, 6.45) is 1.78. The standard InChI is InChI=1S/C31H30Cl2F2N4O3/c1-30(2,3)13-24-31(16-36,20-10-9-18(32)12-22(20)34)25(19-6-5-7-21(33)26(19)35)27(39-24)28(40)38-15-17-8-11-23(37-14-17)29(41)42-4/h5-12,14,24-25,27,39H,13,15H2,1-4H3,(H,38,40)/t24-,25-,27+,31-/m0/s1. The zero-order valence-electron chi connectivity index (χ0n) is 23.5. The van der Waals surface area contributed by atoms with E-state index in [1.165, 1.54) is 49.7 Å². The molecule has 0 saturated carbocycles. The summed E-state index contributed by atoms with van der Waals surface area (Å²) in [5.41, 5.74) is -1.39. The highest BCUT2D eigenvalue weighted by molar-refractivity contribution is 6.31. The van der Waals surface area contributed by atoms with Gasteiger partial charge in [0.05, 0.1) is 24.2 Å². The number of hydrogen-bond donors (Lipinski definition) is 2. The van der Waals surface area contributed by atoms with Crippen molar-refractivity contribution in [3.8, 4) is 6.07 Å². The quantitative estimate of drug-likeness (QED) is 0.312.